The van der Waals surface area contributed by atoms with Gasteiger partial charge in [0.05, 0.1) is 12.1 Å². The predicted molar refractivity (Wildman–Crippen MR) is 123 cm³/mol. The smallest absolute Gasteiger partial charge is 0.410 e. The largest absolute Gasteiger partial charge is 0.444 e. The first-order valence-corrected chi connectivity index (χ1v) is 10.8. The third kappa shape index (κ3) is 5.29. The van der Waals surface area contributed by atoms with E-state index in [9.17, 15) is 14.9 Å². The van der Waals surface area contributed by atoms with Crippen LogP contribution in [0, 0.1) is 25.2 Å². The fourth-order valence-corrected chi connectivity index (χ4v) is 3.75. The highest BCUT2D eigenvalue weighted by atomic mass is 16.6. The van der Waals surface area contributed by atoms with E-state index in [1.165, 1.54) is 0 Å². The number of piperazine rings is 1. The van der Waals surface area contributed by atoms with E-state index in [2.05, 4.69) is 11.4 Å². The van der Waals surface area contributed by atoms with Gasteiger partial charge in [-0.15, -0.1) is 0 Å². The van der Waals surface area contributed by atoms with Gasteiger partial charge in [-0.1, -0.05) is 18.2 Å². The Morgan fingerprint density at radius 1 is 1.09 bits per heavy atom. The Balaban J connectivity index is 1.67. The number of ether oxygens (including phenoxy) is 1. The van der Waals surface area contributed by atoms with E-state index < -0.39 is 5.60 Å². The fraction of sp³-hybridized carbons (Fsp3) is 0.458. The fourth-order valence-electron chi connectivity index (χ4n) is 3.75. The number of aromatic nitrogens is 1. The molecule has 0 spiro atoms. The maximum absolute atomic E-state index is 12.9. The lowest BCUT2D eigenvalue weighted by Crippen LogP contribution is -2.51. The molecule has 2 heterocycles. The van der Waals surface area contributed by atoms with Crippen LogP contribution in [0.5, 0.6) is 0 Å². The minimum Gasteiger partial charge on any atom is -0.444 e. The van der Waals surface area contributed by atoms with Gasteiger partial charge in [0.1, 0.15) is 17.5 Å². The second kappa shape index (κ2) is 9.45. The highest BCUT2D eigenvalue weighted by Crippen LogP contribution is 2.29. The summed E-state index contributed by atoms with van der Waals surface area (Å²) in [5.74, 6) is 0.299. The van der Waals surface area contributed by atoms with E-state index in [4.69, 9.17) is 4.74 Å². The zero-order valence-corrected chi connectivity index (χ0v) is 19.4. The summed E-state index contributed by atoms with van der Waals surface area (Å²) in [7, 11) is 0. The van der Waals surface area contributed by atoms with Gasteiger partial charge in [0.15, 0.2) is 0 Å². The van der Waals surface area contributed by atoms with Crippen LogP contribution in [0.1, 0.15) is 37.6 Å². The summed E-state index contributed by atoms with van der Waals surface area (Å²) in [6.07, 6.45) is -0.327. The van der Waals surface area contributed by atoms with E-state index in [0.29, 0.717) is 37.6 Å². The molecule has 8 heteroatoms. The number of para-hydroxylation sites is 1. The average Bonchev–Trinajstić information content (AvgIpc) is 2.97. The Morgan fingerprint density at radius 2 is 1.72 bits per heavy atom. The van der Waals surface area contributed by atoms with Gasteiger partial charge >= 0.3 is 6.09 Å². The van der Waals surface area contributed by atoms with E-state index in [1.807, 2.05) is 74.4 Å². The monoisotopic (exact) mass is 437 g/mol. The molecular formula is C24H31N5O3. The van der Waals surface area contributed by atoms with Crippen molar-refractivity contribution in [3.63, 3.8) is 0 Å². The number of benzene rings is 1. The number of nitriles is 1. The second-order valence-corrected chi connectivity index (χ2v) is 9.01. The molecule has 1 aliphatic heterocycles. The number of amides is 2. The summed E-state index contributed by atoms with van der Waals surface area (Å²) in [6, 6.07) is 11.9. The Morgan fingerprint density at radius 3 is 2.28 bits per heavy atom. The molecule has 1 aromatic carbocycles. The number of carbonyl (C=O) groups is 2. The molecule has 1 aromatic heterocycles. The third-order valence-corrected chi connectivity index (χ3v) is 5.49. The molecule has 0 aliphatic carbocycles. The first-order valence-electron chi connectivity index (χ1n) is 10.8. The zero-order valence-electron chi connectivity index (χ0n) is 19.4. The number of nitrogens with zero attached hydrogens (tertiary/aromatic N) is 4. The number of nitrogens with one attached hydrogen (secondary N) is 1. The highest BCUT2D eigenvalue weighted by molar-refractivity contribution is 5.93. The molecule has 1 N–H and O–H groups in total. The standard InChI is InChI=1S/C24H31N5O3/c1-17-18(2)29(19-9-7-6-8-10-19)22(20(17)15-25)26-21(30)16-27-11-13-28(14-12-27)23(31)32-24(3,4)5/h6-10H,11-14,16H2,1-5H3,(H,26,30). The Labute approximate surface area is 189 Å². The van der Waals surface area contributed by atoms with Crippen LogP contribution in [-0.4, -0.2) is 64.7 Å². The number of anilines is 1. The zero-order chi connectivity index (χ0) is 23.5. The minimum atomic E-state index is -0.531. The van der Waals surface area contributed by atoms with Crippen molar-refractivity contribution < 1.29 is 14.3 Å². The van der Waals surface area contributed by atoms with Gasteiger partial charge in [-0.05, 0) is 52.3 Å². The van der Waals surface area contributed by atoms with Gasteiger partial charge in [-0.25, -0.2) is 4.79 Å². The predicted octanol–water partition coefficient (Wildman–Crippen LogP) is 3.46. The SMILES string of the molecule is Cc1c(C#N)c(NC(=O)CN2CCN(C(=O)OC(C)(C)C)CC2)n(-c2ccccc2)c1C. The molecule has 3 rings (SSSR count). The van der Waals surface area contributed by atoms with Gasteiger partial charge in [-0.3, -0.25) is 14.3 Å². The van der Waals surface area contributed by atoms with Crippen LogP contribution >= 0.6 is 0 Å². The van der Waals surface area contributed by atoms with Gasteiger partial charge in [0.2, 0.25) is 5.91 Å². The maximum atomic E-state index is 12.9. The Kier molecular flexibility index (Phi) is 6.90. The molecule has 0 saturated carbocycles. The van der Waals surface area contributed by atoms with Crippen molar-refractivity contribution in [2.75, 3.05) is 38.0 Å². The number of hydrogen-bond donors (Lipinski definition) is 1. The first kappa shape index (κ1) is 23.4. The van der Waals surface area contributed by atoms with Gasteiger partial charge in [0.25, 0.3) is 0 Å². The van der Waals surface area contributed by atoms with Crippen LogP contribution in [0.25, 0.3) is 5.69 Å². The third-order valence-electron chi connectivity index (χ3n) is 5.49. The molecule has 8 nitrogen and oxygen atoms in total. The van der Waals surface area contributed by atoms with Crippen molar-refractivity contribution in [3.8, 4) is 11.8 Å². The molecule has 1 saturated heterocycles. The number of hydrogen-bond acceptors (Lipinski definition) is 5. The van der Waals surface area contributed by atoms with Crippen molar-refractivity contribution in [3.05, 3.63) is 47.2 Å². The molecular weight excluding hydrogens is 406 g/mol. The molecule has 32 heavy (non-hydrogen) atoms. The lowest BCUT2D eigenvalue weighted by atomic mass is 10.2. The summed E-state index contributed by atoms with van der Waals surface area (Å²) in [5, 5.41) is 12.7. The van der Waals surface area contributed by atoms with Gasteiger partial charge < -0.3 is 15.0 Å². The van der Waals surface area contributed by atoms with Crippen LogP contribution in [0.2, 0.25) is 0 Å². The van der Waals surface area contributed by atoms with E-state index >= 15 is 0 Å². The van der Waals surface area contributed by atoms with Crippen LogP contribution in [-0.2, 0) is 9.53 Å². The summed E-state index contributed by atoms with van der Waals surface area (Å²) in [5.41, 5.74) is 2.58. The molecule has 170 valence electrons. The maximum Gasteiger partial charge on any atom is 0.410 e. The van der Waals surface area contributed by atoms with Crippen molar-refractivity contribution in [2.45, 2.75) is 40.2 Å². The van der Waals surface area contributed by atoms with Crippen LogP contribution < -0.4 is 5.32 Å². The molecule has 2 aromatic rings. The summed E-state index contributed by atoms with van der Waals surface area (Å²) in [4.78, 5) is 28.8. The minimum absolute atomic E-state index is 0.186. The quantitative estimate of drug-likeness (QED) is 0.791. The Hall–Kier alpha value is -3.31. The van der Waals surface area contributed by atoms with E-state index in [0.717, 1.165) is 16.9 Å². The van der Waals surface area contributed by atoms with Crippen LogP contribution in [0.3, 0.4) is 0 Å². The van der Waals surface area contributed by atoms with Crippen LogP contribution in [0.4, 0.5) is 10.6 Å². The highest BCUT2D eigenvalue weighted by Gasteiger charge is 2.27. The van der Waals surface area contributed by atoms with Gasteiger partial charge in [0, 0.05) is 37.6 Å². The second-order valence-electron chi connectivity index (χ2n) is 9.01. The summed E-state index contributed by atoms with van der Waals surface area (Å²) < 4.78 is 7.33. The molecule has 1 fully saturated rings. The van der Waals surface area contributed by atoms with E-state index in [1.54, 1.807) is 4.90 Å². The molecule has 0 bridgehead atoms. The average molecular weight is 438 g/mol. The lowest BCUT2D eigenvalue weighted by molar-refractivity contribution is -0.117. The summed E-state index contributed by atoms with van der Waals surface area (Å²) >= 11 is 0. The van der Waals surface area contributed by atoms with E-state index in [-0.39, 0.29) is 18.5 Å². The van der Waals surface area contributed by atoms with Crippen molar-refractivity contribution >= 4 is 17.8 Å². The lowest BCUT2D eigenvalue weighted by Gasteiger charge is -2.35. The van der Waals surface area contributed by atoms with Crippen molar-refractivity contribution in [1.29, 1.82) is 5.26 Å². The van der Waals surface area contributed by atoms with Crippen molar-refractivity contribution in [2.24, 2.45) is 0 Å². The molecule has 0 radical (unpaired) electrons. The summed E-state index contributed by atoms with van der Waals surface area (Å²) in [6.45, 7) is 11.7. The molecule has 0 atom stereocenters. The molecule has 2 amide bonds. The van der Waals surface area contributed by atoms with Crippen LogP contribution in [0.15, 0.2) is 30.3 Å². The van der Waals surface area contributed by atoms with Crippen molar-refractivity contribution in [1.82, 2.24) is 14.4 Å². The number of rotatable bonds is 4. The van der Waals surface area contributed by atoms with Gasteiger partial charge in [-0.2, -0.15) is 5.26 Å². The normalized spacial score (nSPS) is 14.7. The molecule has 1 aliphatic rings. The number of carbonyl (C=O) groups excluding carboxylic acids is 2. The topological polar surface area (TPSA) is 90.6 Å². The Bertz CT molecular complexity index is 1020. The first-order chi connectivity index (χ1) is 15.1. The molecule has 0 unspecified atom stereocenters.